The molecule has 1 aromatic rings. The van der Waals surface area contributed by atoms with Gasteiger partial charge in [0.1, 0.15) is 22.8 Å². The summed E-state index contributed by atoms with van der Waals surface area (Å²) in [7, 11) is 0. The summed E-state index contributed by atoms with van der Waals surface area (Å²) in [4.78, 5) is 24.7. The number of phenols is 3. The maximum Gasteiger partial charge on any atom is 0.170 e. The van der Waals surface area contributed by atoms with Crippen LogP contribution in [0.4, 0.5) is 0 Å². The van der Waals surface area contributed by atoms with Gasteiger partial charge in [0.05, 0.1) is 11.2 Å². The topological polar surface area (TPSA) is 115 Å². The highest BCUT2D eigenvalue weighted by atomic mass is 16.3. The SMILES string of the molecule is CC(C)CC(=O)c1c(O)c(C=O)c(O)c(C[C@@]2(C)CCC3C2[C@H]2[C@@H](CC[C@@]3(C)O)C2(C)C)c1O. The third-order valence-electron chi connectivity index (χ3n) is 9.68. The van der Waals surface area contributed by atoms with Gasteiger partial charge >= 0.3 is 0 Å². The van der Waals surface area contributed by atoms with Crippen molar-refractivity contribution < 1.29 is 30.0 Å². The van der Waals surface area contributed by atoms with Crippen LogP contribution in [0.1, 0.15) is 99.9 Å². The number of phenolic OH excluding ortho intramolecular Hbond substituents is 3. The average Bonchev–Trinajstić information content (AvgIpc) is 3.12. The molecule has 3 aliphatic carbocycles. The summed E-state index contributed by atoms with van der Waals surface area (Å²) in [6.07, 6.45) is 4.14. The number of ketones is 1. The molecule has 0 radical (unpaired) electrons. The Morgan fingerprint density at radius 1 is 0.971 bits per heavy atom. The molecule has 3 fully saturated rings. The maximum absolute atomic E-state index is 12.9. The highest BCUT2D eigenvalue weighted by Crippen LogP contribution is 2.74. The molecule has 1 aromatic carbocycles. The lowest BCUT2D eigenvalue weighted by molar-refractivity contribution is -0.0397. The van der Waals surface area contributed by atoms with Gasteiger partial charge in [0.25, 0.3) is 0 Å². The largest absolute Gasteiger partial charge is 0.507 e. The van der Waals surface area contributed by atoms with E-state index < -0.39 is 28.6 Å². The number of aldehydes is 1. The van der Waals surface area contributed by atoms with E-state index in [0.717, 1.165) is 25.7 Å². The van der Waals surface area contributed by atoms with Crippen molar-refractivity contribution >= 4 is 12.1 Å². The lowest BCUT2D eigenvalue weighted by Crippen LogP contribution is -2.41. The van der Waals surface area contributed by atoms with E-state index in [1.54, 1.807) is 0 Å². The summed E-state index contributed by atoms with van der Waals surface area (Å²) in [6, 6.07) is 0. The maximum atomic E-state index is 12.9. The number of benzene rings is 1. The van der Waals surface area contributed by atoms with Gasteiger partial charge in [0.2, 0.25) is 0 Å². The number of rotatable bonds is 6. The van der Waals surface area contributed by atoms with Crippen LogP contribution < -0.4 is 0 Å². The van der Waals surface area contributed by atoms with Crippen LogP contribution in [-0.4, -0.2) is 38.1 Å². The average molecular weight is 473 g/mol. The molecule has 6 heteroatoms. The van der Waals surface area contributed by atoms with Gasteiger partial charge < -0.3 is 20.4 Å². The van der Waals surface area contributed by atoms with E-state index in [1.807, 2.05) is 20.8 Å². The Balaban J connectivity index is 1.80. The predicted molar refractivity (Wildman–Crippen MR) is 129 cm³/mol. The number of Topliss-reactive ketones (excluding diaryl/α,β-unsaturated/α-hetero) is 1. The quantitative estimate of drug-likeness (QED) is 0.333. The van der Waals surface area contributed by atoms with E-state index in [-0.39, 0.29) is 58.1 Å². The summed E-state index contributed by atoms with van der Waals surface area (Å²) in [5.74, 6) is -0.728. The van der Waals surface area contributed by atoms with Gasteiger partial charge in [0, 0.05) is 12.0 Å². The van der Waals surface area contributed by atoms with Crippen LogP contribution in [0.2, 0.25) is 0 Å². The van der Waals surface area contributed by atoms with Crippen LogP contribution in [0, 0.1) is 40.4 Å². The van der Waals surface area contributed by atoms with Gasteiger partial charge in [0.15, 0.2) is 12.1 Å². The third-order valence-corrected chi connectivity index (χ3v) is 9.68. The Labute approximate surface area is 202 Å². The highest BCUT2D eigenvalue weighted by Gasteiger charge is 2.69. The number of carbonyl (C=O) groups excluding carboxylic acids is 2. The molecule has 3 saturated carbocycles. The highest BCUT2D eigenvalue weighted by molar-refractivity contribution is 6.05. The number of carbonyl (C=O) groups is 2. The summed E-state index contributed by atoms with van der Waals surface area (Å²) in [5, 5.41) is 44.0. The minimum atomic E-state index is -0.767. The molecule has 6 nitrogen and oxygen atoms in total. The molecule has 4 N–H and O–H groups in total. The first-order valence-electron chi connectivity index (χ1n) is 12.7. The van der Waals surface area contributed by atoms with Crippen molar-refractivity contribution in [1.29, 1.82) is 0 Å². The summed E-state index contributed by atoms with van der Waals surface area (Å²) in [5.41, 5.74) is -1.42. The smallest absolute Gasteiger partial charge is 0.170 e. The van der Waals surface area contributed by atoms with Crippen LogP contribution >= 0.6 is 0 Å². The van der Waals surface area contributed by atoms with Gasteiger partial charge in [-0.15, -0.1) is 0 Å². The molecule has 6 atom stereocenters. The van der Waals surface area contributed by atoms with E-state index in [9.17, 15) is 30.0 Å². The zero-order valence-electron chi connectivity index (χ0n) is 21.3. The molecule has 0 heterocycles. The van der Waals surface area contributed by atoms with Gasteiger partial charge in [-0.2, -0.15) is 0 Å². The van der Waals surface area contributed by atoms with Gasteiger partial charge in [-0.3, -0.25) is 9.59 Å². The number of hydrogen-bond donors (Lipinski definition) is 4. The Bertz CT molecular complexity index is 1020. The van der Waals surface area contributed by atoms with Crippen LogP contribution in [0.3, 0.4) is 0 Å². The van der Waals surface area contributed by atoms with E-state index >= 15 is 0 Å². The molecule has 0 amide bonds. The molecular weight excluding hydrogens is 432 g/mol. The summed E-state index contributed by atoms with van der Waals surface area (Å²) >= 11 is 0. The fraction of sp³-hybridized carbons (Fsp3) is 0.714. The standard InChI is InChI=1S/C28H40O6/c1-14(2)11-19(30)20-24(32)15(23(31)16(13-29)25(20)33)12-27(5)9-7-18-22(27)21-17(26(21,3)4)8-10-28(18,6)34/h13-14,17-18,21-22,31-34H,7-12H2,1-6H3/t17-,18?,21-,22?,27-,28-/m1/s1. The number of fused-ring (bicyclic) bond motifs is 3. The zero-order valence-corrected chi connectivity index (χ0v) is 21.3. The second-order valence-electron chi connectivity index (χ2n) is 12.8. The molecule has 0 saturated heterocycles. The monoisotopic (exact) mass is 472 g/mol. The van der Waals surface area contributed by atoms with Crippen LogP contribution in [-0.2, 0) is 6.42 Å². The van der Waals surface area contributed by atoms with Crippen molar-refractivity contribution in [3.05, 3.63) is 16.7 Å². The molecule has 188 valence electrons. The minimum Gasteiger partial charge on any atom is -0.507 e. The van der Waals surface area contributed by atoms with Crippen LogP contribution in [0.5, 0.6) is 17.2 Å². The lowest BCUT2D eigenvalue weighted by atomic mass is 9.66. The Morgan fingerprint density at radius 2 is 1.59 bits per heavy atom. The van der Waals surface area contributed by atoms with E-state index in [0.29, 0.717) is 18.1 Å². The van der Waals surface area contributed by atoms with Crippen LogP contribution in [0.25, 0.3) is 0 Å². The number of aliphatic hydroxyl groups is 1. The fourth-order valence-electron chi connectivity index (χ4n) is 7.79. The third kappa shape index (κ3) is 3.64. The minimum absolute atomic E-state index is 0.00130. The Hall–Kier alpha value is -2.08. The lowest BCUT2D eigenvalue weighted by Gasteiger charge is -2.40. The van der Waals surface area contributed by atoms with E-state index in [1.165, 1.54) is 0 Å². The van der Waals surface area contributed by atoms with Crippen molar-refractivity contribution in [3.8, 4) is 17.2 Å². The molecule has 34 heavy (non-hydrogen) atoms. The molecule has 0 bridgehead atoms. The van der Waals surface area contributed by atoms with E-state index in [4.69, 9.17) is 0 Å². The second kappa shape index (κ2) is 7.97. The van der Waals surface area contributed by atoms with Gasteiger partial charge in [-0.05, 0) is 79.4 Å². The molecule has 3 aliphatic rings. The zero-order chi connectivity index (χ0) is 25.4. The van der Waals surface area contributed by atoms with Gasteiger partial charge in [-0.1, -0.05) is 34.6 Å². The van der Waals surface area contributed by atoms with Gasteiger partial charge in [-0.25, -0.2) is 0 Å². The summed E-state index contributed by atoms with van der Waals surface area (Å²) < 4.78 is 0. The number of hydrogen-bond acceptors (Lipinski definition) is 6. The first-order chi connectivity index (χ1) is 15.7. The Morgan fingerprint density at radius 3 is 2.18 bits per heavy atom. The van der Waals surface area contributed by atoms with Crippen molar-refractivity contribution in [2.75, 3.05) is 0 Å². The molecule has 2 unspecified atom stereocenters. The Kier molecular flexibility index (Phi) is 5.87. The molecule has 4 rings (SSSR count). The predicted octanol–water partition coefficient (Wildman–Crippen LogP) is 5.24. The molecular formula is C28H40O6. The van der Waals surface area contributed by atoms with Crippen molar-refractivity contribution in [1.82, 2.24) is 0 Å². The van der Waals surface area contributed by atoms with E-state index in [2.05, 4.69) is 20.8 Å². The van der Waals surface area contributed by atoms with Crippen molar-refractivity contribution in [2.24, 2.45) is 40.4 Å². The van der Waals surface area contributed by atoms with Crippen molar-refractivity contribution in [2.45, 2.75) is 85.7 Å². The first-order valence-corrected chi connectivity index (χ1v) is 12.7. The van der Waals surface area contributed by atoms with Crippen molar-refractivity contribution in [3.63, 3.8) is 0 Å². The molecule has 0 spiro atoms. The molecule has 0 aromatic heterocycles. The number of aromatic hydroxyl groups is 3. The second-order valence-corrected chi connectivity index (χ2v) is 12.8. The first kappa shape index (κ1) is 25.0. The fourth-order valence-corrected chi connectivity index (χ4v) is 7.79. The van der Waals surface area contributed by atoms with Crippen LogP contribution in [0.15, 0.2) is 0 Å². The summed E-state index contributed by atoms with van der Waals surface area (Å²) in [6.45, 7) is 12.4. The normalized spacial score (nSPS) is 36.0. The molecule has 0 aliphatic heterocycles.